The van der Waals surface area contributed by atoms with Gasteiger partial charge in [-0.2, -0.15) is 5.26 Å². The van der Waals surface area contributed by atoms with Gasteiger partial charge >= 0.3 is 0 Å². The molecule has 0 fully saturated rings. The molecular weight excluding hydrogens is 140 g/mol. The first-order valence-corrected chi connectivity index (χ1v) is 3.16. The highest BCUT2D eigenvalue weighted by atomic mass is 19.1. The van der Waals surface area contributed by atoms with Crippen LogP contribution in [0.3, 0.4) is 0 Å². The third kappa shape index (κ3) is 1.59. The van der Waals surface area contributed by atoms with Crippen LogP contribution in [0.1, 0.15) is 11.1 Å². The van der Waals surface area contributed by atoms with Gasteiger partial charge in [0.25, 0.3) is 0 Å². The molecule has 11 heavy (non-hydrogen) atoms. The quantitative estimate of drug-likeness (QED) is 0.547. The van der Waals surface area contributed by atoms with Gasteiger partial charge < -0.3 is 0 Å². The first-order chi connectivity index (χ1) is 5.27. The largest absolute Gasteiger partial charge is 0.206 e. The topological polar surface area (TPSA) is 23.8 Å². The number of benzene rings is 1. The molecule has 0 aliphatic carbocycles. The van der Waals surface area contributed by atoms with Crippen molar-refractivity contribution in [3.8, 4) is 6.07 Å². The second-order valence-corrected chi connectivity index (χ2v) is 2.13. The first kappa shape index (κ1) is 7.81. The van der Waals surface area contributed by atoms with Crippen LogP contribution < -0.4 is 0 Å². The molecule has 0 aliphatic rings. The van der Waals surface area contributed by atoms with E-state index >= 15 is 0 Å². The highest BCUT2D eigenvalue weighted by Gasteiger charge is 1.99. The van der Waals surface area contributed by atoms with E-state index in [-0.39, 0.29) is 5.56 Å². The van der Waals surface area contributed by atoms with Gasteiger partial charge in [0, 0.05) is 0 Å². The van der Waals surface area contributed by atoms with Crippen molar-refractivity contribution in [2.45, 2.75) is 6.32 Å². The van der Waals surface area contributed by atoms with Crippen molar-refractivity contribution >= 4 is 7.85 Å². The van der Waals surface area contributed by atoms with Crippen LogP contribution in [-0.4, -0.2) is 7.85 Å². The number of rotatable bonds is 1. The standard InChI is InChI=1S/C8H5BFN/c9-4-6-1-2-8(10)7(3-6)5-11/h1-3H,4H2. The second kappa shape index (κ2) is 3.20. The molecule has 2 radical (unpaired) electrons. The lowest BCUT2D eigenvalue weighted by Gasteiger charge is -1.96. The molecule has 0 atom stereocenters. The maximum Gasteiger partial charge on any atom is 0.140 e. The fraction of sp³-hybridized carbons (Fsp3) is 0.125. The lowest BCUT2D eigenvalue weighted by molar-refractivity contribution is 0.623. The molecule has 0 amide bonds. The summed E-state index contributed by atoms with van der Waals surface area (Å²) in [5, 5.41) is 8.41. The molecule has 1 aromatic carbocycles. The summed E-state index contributed by atoms with van der Waals surface area (Å²) < 4.78 is 12.6. The van der Waals surface area contributed by atoms with E-state index in [0.717, 1.165) is 5.56 Å². The average Bonchev–Trinajstić information content (AvgIpc) is 2.05. The molecule has 52 valence electrons. The van der Waals surface area contributed by atoms with E-state index in [9.17, 15) is 4.39 Å². The van der Waals surface area contributed by atoms with Crippen molar-refractivity contribution in [3.05, 3.63) is 35.1 Å². The van der Waals surface area contributed by atoms with E-state index in [1.807, 2.05) is 0 Å². The van der Waals surface area contributed by atoms with E-state index in [1.54, 1.807) is 12.1 Å². The van der Waals surface area contributed by atoms with E-state index in [0.29, 0.717) is 6.32 Å². The summed E-state index contributed by atoms with van der Waals surface area (Å²) in [6, 6.07) is 6.01. The van der Waals surface area contributed by atoms with Gasteiger partial charge in [0.2, 0.25) is 0 Å². The minimum atomic E-state index is -0.496. The number of nitriles is 1. The maximum atomic E-state index is 12.6. The van der Waals surface area contributed by atoms with E-state index < -0.39 is 5.82 Å². The summed E-state index contributed by atoms with van der Waals surface area (Å²) in [5.41, 5.74) is 0.816. The Labute approximate surface area is 65.9 Å². The molecule has 0 saturated carbocycles. The summed E-state index contributed by atoms with van der Waals surface area (Å²) >= 11 is 0. The zero-order valence-electron chi connectivity index (χ0n) is 5.84. The molecular formula is C8H5BFN. The Balaban J connectivity index is 3.15. The summed E-state index contributed by atoms with van der Waals surface area (Å²) in [4.78, 5) is 0. The van der Waals surface area contributed by atoms with Gasteiger partial charge in [-0.1, -0.05) is 17.9 Å². The minimum absolute atomic E-state index is 0.0490. The van der Waals surface area contributed by atoms with Gasteiger partial charge in [0.05, 0.1) is 13.4 Å². The molecule has 0 aromatic heterocycles. The van der Waals surface area contributed by atoms with Crippen molar-refractivity contribution in [1.82, 2.24) is 0 Å². The third-order valence-corrected chi connectivity index (χ3v) is 1.39. The van der Waals surface area contributed by atoms with Crippen molar-refractivity contribution in [1.29, 1.82) is 5.26 Å². The highest BCUT2D eigenvalue weighted by Crippen LogP contribution is 2.08. The summed E-state index contributed by atoms with van der Waals surface area (Å²) in [6.45, 7) is 0. The summed E-state index contributed by atoms with van der Waals surface area (Å²) in [5.74, 6) is -0.496. The number of hydrogen-bond acceptors (Lipinski definition) is 1. The Morgan fingerprint density at radius 2 is 2.27 bits per heavy atom. The number of hydrogen-bond donors (Lipinski definition) is 0. The SMILES string of the molecule is [B]Cc1ccc(F)c(C#N)c1. The Kier molecular flexibility index (Phi) is 2.27. The molecule has 0 spiro atoms. The van der Waals surface area contributed by atoms with Crippen molar-refractivity contribution in [2.75, 3.05) is 0 Å². The van der Waals surface area contributed by atoms with Gasteiger partial charge in [-0.25, -0.2) is 4.39 Å². The van der Waals surface area contributed by atoms with Gasteiger partial charge in [-0.05, 0) is 12.1 Å². The molecule has 0 unspecified atom stereocenters. The molecule has 0 heterocycles. The molecule has 3 heteroatoms. The van der Waals surface area contributed by atoms with Crippen LogP contribution in [0.25, 0.3) is 0 Å². The predicted molar refractivity (Wildman–Crippen MR) is 40.6 cm³/mol. The van der Waals surface area contributed by atoms with Crippen LogP contribution in [0.4, 0.5) is 4.39 Å². The van der Waals surface area contributed by atoms with Gasteiger partial charge in [0.15, 0.2) is 0 Å². The molecule has 0 N–H and O–H groups in total. The van der Waals surface area contributed by atoms with Crippen LogP contribution in [0, 0.1) is 17.1 Å². The third-order valence-electron chi connectivity index (χ3n) is 1.39. The average molecular weight is 145 g/mol. The summed E-state index contributed by atoms with van der Waals surface area (Å²) in [6.07, 6.45) is 0.328. The first-order valence-electron chi connectivity index (χ1n) is 3.16. The van der Waals surface area contributed by atoms with Crippen LogP contribution in [0.15, 0.2) is 18.2 Å². The Morgan fingerprint density at radius 1 is 1.55 bits per heavy atom. The van der Waals surface area contributed by atoms with Crippen molar-refractivity contribution < 1.29 is 4.39 Å². The highest BCUT2D eigenvalue weighted by molar-refractivity contribution is 6.08. The van der Waals surface area contributed by atoms with Gasteiger partial charge in [0.1, 0.15) is 11.9 Å². The number of nitrogens with zero attached hydrogens (tertiary/aromatic N) is 1. The Morgan fingerprint density at radius 3 is 2.82 bits per heavy atom. The second-order valence-electron chi connectivity index (χ2n) is 2.13. The zero-order chi connectivity index (χ0) is 8.27. The zero-order valence-corrected chi connectivity index (χ0v) is 5.84. The van der Waals surface area contributed by atoms with Crippen molar-refractivity contribution in [2.24, 2.45) is 0 Å². The lowest BCUT2D eigenvalue weighted by Crippen LogP contribution is -1.88. The van der Waals surface area contributed by atoms with Crippen molar-refractivity contribution in [3.63, 3.8) is 0 Å². The maximum absolute atomic E-state index is 12.6. The fourth-order valence-corrected chi connectivity index (χ4v) is 0.785. The van der Waals surface area contributed by atoms with Crippen LogP contribution in [-0.2, 0) is 6.32 Å². The fourth-order valence-electron chi connectivity index (χ4n) is 0.785. The Bertz CT molecular complexity index is 303. The molecule has 0 aliphatic heterocycles. The van der Waals surface area contributed by atoms with Crippen LogP contribution >= 0.6 is 0 Å². The Hall–Kier alpha value is -1.30. The molecule has 1 aromatic rings. The van der Waals surface area contributed by atoms with Crippen LogP contribution in [0.5, 0.6) is 0 Å². The molecule has 1 rings (SSSR count). The van der Waals surface area contributed by atoms with E-state index in [2.05, 4.69) is 0 Å². The molecule has 0 saturated heterocycles. The monoisotopic (exact) mass is 145 g/mol. The molecule has 0 bridgehead atoms. The smallest absolute Gasteiger partial charge is 0.140 e. The summed E-state index contributed by atoms with van der Waals surface area (Å²) in [7, 11) is 5.29. The lowest BCUT2D eigenvalue weighted by atomic mass is 9.96. The van der Waals surface area contributed by atoms with Gasteiger partial charge in [-0.3, -0.25) is 0 Å². The normalized spacial score (nSPS) is 9.09. The number of halogens is 1. The van der Waals surface area contributed by atoms with E-state index in [1.165, 1.54) is 12.1 Å². The minimum Gasteiger partial charge on any atom is -0.206 e. The predicted octanol–water partition coefficient (Wildman–Crippen LogP) is 1.37. The molecule has 1 nitrogen and oxygen atoms in total. The van der Waals surface area contributed by atoms with E-state index in [4.69, 9.17) is 13.1 Å². The van der Waals surface area contributed by atoms with Crippen LogP contribution in [0.2, 0.25) is 0 Å². The van der Waals surface area contributed by atoms with Gasteiger partial charge in [-0.15, -0.1) is 0 Å².